The lowest BCUT2D eigenvalue weighted by Gasteiger charge is -2.34. The number of carbonyl (C=O) groups is 1. The minimum Gasteiger partial charge on any atom is -0.478 e. The molecule has 0 saturated carbocycles. The van der Waals surface area contributed by atoms with Crippen LogP contribution in [0.25, 0.3) is 6.08 Å². The average molecular weight is 280 g/mol. The van der Waals surface area contributed by atoms with Crippen molar-refractivity contribution >= 4 is 29.3 Å². The predicted molar refractivity (Wildman–Crippen MR) is 78.7 cm³/mol. The first-order valence-corrected chi connectivity index (χ1v) is 6.89. The van der Waals surface area contributed by atoms with Gasteiger partial charge in [0.25, 0.3) is 0 Å². The van der Waals surface area contributed by atoms with Gasteiger partial charge in [0.05, 0.1) is 0 Å². The van der Waals surface area contributed by atoms with E-state index in [2.05, 4.69) is 11.8 Å². The Hall–Kier alpha value is -1.48. The summed E-state index contributed by atoms with van der Waals surface area (Å²) >= 11 is 6.07. The Labute approximate surface area is 118 Å². The normalized spacial score (nSPS) is 19.9. The van der Waals surface area contributed by atoms with Crippen LogP contribution in [-0.4, -0.2) is 24.2 Å². The summed E-state index contributed by atoms with van der Waals surface area (Å²) in [7, 11) is 0. The summed E-state index contributed by atoms with van der Waals surface area (Å²) in [5.41, 5.74) is 1.93. The second-order valence-electron chi connectivity index (χ2n) is 5.07. The zero-order valence-electron chi connectivity index (χ0n) is 11.0. The van der Waals surface area contributed by atoms with E-state index in [1.165, 1.54) is 12.5 Å². The molecule has 3 nitrogen and oxygen atoms in total. The van der Waals surface area contributed by atoms with Gasteiger partial charge >= 0.3 is 5.97 Å². The zero-order chi connectivity index (χ0) is 13.8. The molecule has 1 aromatic rings. The molecular weight excluding hydrogens is 262 g/mol. The van der Waals surface area contributed by atoms with Gasteiger partial charge in [0, 0.05) is 29.9 Å². The molecule has 1 fully saturated rings. The summed E-state index contributed by atoms with van der Waals surface area (Å²) in [5.74, 6) is -0.281. The van der Waals surface area contributed by atoms with Crippen LogP contribution >= 0.6 is 11.6 Å². The molecule has 1 N–H and O–H groups in total. The van der Waals surface area contributed by atoms with Gasteiger partial charge in [0.1, 0.15) is 0 Å². The summed E-state index contributed by atoms with van der Waals surface area (Å²) in [6, 6.07) is 5.58. The highest BCUT2D eigenvalue weighted by Gasteiger charge is 2.18. The van der Waals surface area contributed by atoms with E-state index in [0.717, 1.165) is 30.8 Å². The van der Waals surface area contributed by atoms with Crippen molar-refractivity contribution in [3.63, 3.8) is 0 Å². The first-order chi connectivity index (χ1) is 9.06. The number of aliphatic carboxylic acids is 1. The summed E-state index contributed by atoms with van der Waals surface area (Å²) in [6.07, 6.45) is 5.21. The molecule has 19 heavy (non-hydrogen) atoms. The number of carboxylic acids is 1. The van der Waals surface area contributed by atoms with Crippen molar-refractivity contribution in [3.05, 3.63) is 34.9 Å². The minimum atomic E-state index is -0.937. The Morgan fingerprint density at radius 1 is 1.53 bits per heavy atom. The molecule has 0 radical (unpaired) electrons. The number of hydrogen-bond acceptors (Lipinski definition) is 2. The van der Waals surface area contributed by atoms with Gasteiger partial charge in [-0.15, -0.1) is 0 Å². The molecule has 0 amide bonds. The van der Waals surface area contributed by atoms with Crippen molar-refractivity contribution in [1.29, 1.82) is 0 Å². The van der Waals surface area contributed by atoms with E-state index in [-0.39, 0.29) is 0 Å². The molecule has 0 aromatic heterocycles. The van der Waals surface area contributed by atoms with Gasteiger partial charge in [-0.25, -0.2) is 4.79 Å². The van der Waals surface area contributed by atoms with E-state index in [1.54, 1.807) is 12.1 Å². The molecule has 1 aliphatic rings. The molecule has 1 aromatic carbocycles. The number of benzene rings is 1. The smallest absolute Gasteiger partial charge is 0.328 e. The predicted octanol–water partition coefficient (Wildman–Crippen LogP) is 3.67. The van der Waals surface area contributed by atoms with Crippen molar-refractivity contribution in [2.45, 2.75) is 19.8 Å². The van der Waals surface area contributed by atoms with Crippen molar-refractivity contribution < 1.29 is 9.90 Å². The van der Waals surface area contributed by atoms with Crippen LogP contribution in [0.2, 0.25) is 5.02 Å². The first kappa shape index (κ1) is 13.9. The molecule has 4 heteroatoms. The molecule has 0 bridgehead atoms. The van der Waals surface area contributed by atoms with Crippen LogP contribution in [0.3, 0.4) is 0 Å². The quantitative estimate of drug-likeness (QED) is 0.858. The second kappa shape index (κ2) is 6.11. The van der Waals surface area contributed by atoms with Crippen molar-refractivity contribution in [3.8, 4) is 0 Å². The average Bonchev–Trinajstić information content (AvgIpc) is 2.37. The number of anilines is 1. The lowest BCUT2D eigenvalue weighted by atomic mass is 9.98. The highest BCUT2D eigenvalue weighted by atomic mass is 35.5. The largest absolute Gasteiger partial charge is 0.478 e. The Morgan fingerprint density at radius 3 is 3.00 bits per heavy atom. The topological polar surface area (TPSA) is 40.5 Å². The third-order valence-electron chi connectivity index (χ3n) is 3.40. The van der Waals surface area contributed by atoms with Crippen molar-refractivity contribution in [1.82, 2.24) is 0 Å². The van der Waals surface area contributed by atoms with E-state index < -0.39 is 5.97 Å². The van der Waals surface area contributed by atoms with Gasteiger partial charge in [-0.05, 0) is 42.5 Å². The van der Waals surface area contributed by atoms with Crippen LogP contribution in [-0.2, 0) is 4.79 Å². The molecule has 102 valence electrons. The lowest BCUT2D eigenvalue weighted by molar-refractivity contribution is -0.131. The summed E-state index contributed by atoms with van der Waals surface area (Å²) in [6.45, 7) is 4.23. The maximum absolute atomic E-state index is 10.7. The van der Waals surface area contributed by atoms with E-state index in [4.69, 9.17) is 16.7 Å². The highest BCUT2D eigenvalue weighted by molar-refractivity contribution is 6.31. The fraction of sp³-hybridized carbons (Fsp3) is 0.400. The fourth-order valence-corrected chi connectivity index (χ4v) is 2.67. The summed E-state index contributed by atoms with van der Waals surface area (Å²) < 4.78 is 0. The van der Waals surface area contributed by atoms with E-state index in [0.29, 0.717) is 10.9 Å². The lowest BCUT2D eigenvalue weighted by Crippen LogP contribution is -2.34. The van der Waals surface area contributed by atoms with Gasteiger partial charge < -0.3 is 10.0 Å². The van der Waals surface area contributed by atoms with Crippen molar-refractivity contribution in [2.75, 3.05) is 18.0 Å². The minimum absolute atomic E-state index is 0.657. The Morgan fingerprint density at radius 2 is 2.32 bits per heavy atom. The molecule has 2 rings (SSSR count). The molecule has 1 atom stereocenters. The number of carboxylic acid groups (broad SMARTS) is 1. The standard InChI is InChI=1S/C15H18ClNO2/c1-11-3-2-8-17(10-11)14-9-13(16)6-4-12(14)5-7-15(18)19/h4-7,9,11H,2-3,8,10H2,1H3,(H,18,19)/b7-5+. The van der Waals surface area contributed by atoms with Gasteiger partial charge in [-0.1, -0.05) is 24.6 Å². The summed E-state index contributed by atoms with van der Waals surface area (Å²) in [4.78, 5) is 12.9. The maximum Gasteiger partial charge on any atom is 0.328 e. The third kappa shape index (κ3) is 3.74. The number of halogens is 1. The number of nitrogens with zero attached hydrogens (tertiary/aromatic N) is 1. The van der Waals surface area contributed by atoms with Crippen LogP contribution in [0, 0.1) is 5.92 Å². The molecule has 1 unspecified atom stereocenters. The van der Waals surface area contributed by atoms with Gasteiger partial charge in [-0.3, -0.25) is 0 Å². The van der Waals surface area contributed by atoms with Gasteiger partial charge in [0.2, 0.25) is 0 Å². The van der Waals surface area contributed by atoms with Gasteiger partial charge in [-0.2, -0.15) is 0 Å². The number of rotatable bonds is 3. The van der Waals surface area contributed by atoms with Gasteiger partial charge in [0.15, 0.2) is 0 Å². The van der Waals surface area contributed by atoms with Crippen LogP contribution < -0.4 is 4.90 Å². The molecule has 1 saturated heterocycles. The SMILES string of the molecule is CC1CCCN(c2cc(Cl)ccc2/C=C/C(=O)O)C1. The van der Waals surface area contributed by atoms with Crippen molar-refractivity contribution in [2.24, 2.45) is 5.92 Å². The van der Waals surface area contributed by atoms with Crippen LogP contribution in [0.4, 0.5) is 5.69 Å². The fourth-order valence-electron chi connectivity index (χ4n) is 2.50. The van der Waals surface area contributed by atoms with Crippen LogP contribution in [0.5, 0.6) is 0 Å². The zero-order valence-corrected chi connectivity index (χ0v) is 11.7. The molecular formula is C15H18ClNO2. The van der Waals surface area contributed by atoms with E-state index in [9.17, 15) is 4.79 Å². The molecule has 0 spiro atoms. The summed E-state index contributed by atoms with van der Waals surface area (Å²) in [5, 5.41) is 9.43. The Kier molecular flexibility index (Phi) is 4.48. The highest BCUT2D eigenvalue weighted by Crippen LogP contribution is 2.29. The second-order valence-corrected chi connectivity index (χ2v) is 5.50. The van der Waals surface area contributed by atoms with E-state index in [1.807, 2.05) is 12.1 Å². The van der Waals surface area contributed by atoms with Crippen LogP contribution in [0.1, 0.15) is 25.3 Å². The molecule has 0 aliphatic carbocycles. The monoisotopic (exact) mass is 279 g/mol. The Balaban J connectivity index is 2.31. The molecule has 1 heterocycles. The van der Waals surface area contributed by atoms with Crippen LogP contribution in [0.15, 0.2) is 24.3 Å². The molecule has 1 aliphatic heterocycles. The third-order valence-corrected chi connectivity index (χ3v) is 3.63. The first-order valence-electron chi connectivity index (χ1n) is 6.52. The Bertz CT molecular complexity index is 499. The number of piperidine rings is 1. The maximum atomic E-state index is 10.7. The number of hydrogen-bond donors (Lipinski definition) is 1. The van der Waals surface area contributed by atoms with E-state index >= 15 is 0 Å².